The summed E-state index contributed by atoms with van der Waals surface area (Å²) in [6, 6.07) is 0.0754. The zero-order valence-electron chi connectivity index (χ0n) is 12.5. The van der Waals surface area contributed by atoms with Crippen LogP contribution in [0.25, 0.3) is 0 Å². The summed E-state index contributed by atoms with van der Waals surface area (Å²) >= 11 is 0. The molecule has 1 aromatic rings. The number of H-pyrrole nitrogens is 1. The molecule has 3 rings (SSSR count). The van der Waals surface area contributed by atoms with Gasteiger partial charge in [0.25, 0.3) is 0 Å². The highest BCUT2D eigenvalue weighted by Gasteiger charge is 2.38. The number of rotatable bonds is 2. The summed E-state index contributed by atoms with van der Waals surface area (Å²) in [5, 5.41) is 10.3. The first-order valence-corrected chi connectivity index (χ1v) is 7.69. The standard InChI is InChI=1S/C15H24N4O.ClH/c1-15(16)8-3-2-6-11(15)14(20)18-12-7-4-5-10-9-17-19-13(10)12;/h9,11-12H,2-8,16H2,1H3,(H,17,19)(H,18,20);1H. The number of carbonyl (C=O) groups is 1. The number of nitrogens with one attached hydrogen (secondary N) is 2. The Morgan fingerprint density at radius 3 is 3.00 bits per heavy atom. The Morgan fingerprint density at radius 2 is 2.24 bits per heavy atom. The summed E-state index contributed by atoms with van der Waals surface area (Å²) in [6.45, 7) is 2.01. The lowest BCUT2D eigenvalue weighted by molar-refractivity contribution is -0.129. The number of nitrogens with two attached hydrogens (primary N) is 1. The van der Waals surface area contributed by atoms with E-state index in [-0.39, 0.29) is 35.8 Å². The van der Waals surface area contributed by atoms with E-state index in [4.69, 9.17) is 5.73 Å². The van der Waals surface area contributed by atoms with Gasteiger partial charge in [-0.15, -0.1) is 12.4 Å². The monoisotopic (exact) mass is 312 g/mol. The fourth-order valence-corrected chi connectivity index (χ4v) is 3.67. The highest BCUT2D eigenvalue weighted by Crippen LogP contribution is 2.33. The molecule has 6 heteroatoms. The summed E-state index contributed by atoms with van der Waals surface area (Å²) in [4.78, 5) is 12.6. The van der Waals surface area contributed by atoms with Gasteiger partial charge in [0.05, 0.1) is 23.9 Å². The number of amides is 1. The number of fused-ring (bicyclic) bond motifs is 1. The van der Waals surface area contributed by atoms with Crippen LogP contribution in [0.4, 0.5) is 0 Å². The van der Waals surface area contributed by atoms with Crippen molar-refractivity contribution in [3.8, 4) is 0 Å². The molecule has 2 aliphatic rings. The van der Waals surface area contributed by atoms with Crippen LogP contribution in [0.5, 0.6) is 0 Å². The Bertz CT molecular complexity index is 500. The van der Waals surface area contributed by atoms with E-state index in [9.17, 15) is 4.79 Å². The van der Waals surface area contributed by atoms with E-state index < -0.39 is 0 Å². The molecule has 1 heterocycles. The minimum Gasteiger partial charge on any atom is -0.347 e. The molecule has 21 heavy (non-hydrogen) atoms. The zero-order chi connectivity index (χ0) is 14.2. The minimum absolute atomic E-state index is 0. The smallest absolute Gasteiger partial charge is 0.225 e. The van der Waals surface area contributed by atoms with Crippen LogP contribution in [-0.4, -0.2) is 21.6 Å². The van der Waals surface area contributed by atoms with Crippen molar-refractivity contribution in [3.05, 3.63) is 17.5 Å². The van der Waals surface area contributed by atoms with Crippen LogP contribution in [0.3, 0.4) is 0 Å². The van der Waals surface area contributed by atoms with Crippen LogP contribution < -0.4 is 11.1 Å². The largest absolute Gasteiger partial charge is 0.347 e. The van der Waals surface area contributed by atoms with Crippen LogP contribution in [0.2, 0.25) is 0 Å². The maximum atomic E-state index is 12.6. The van der Waals surface area contributed by atoms with Gasteiger partial charge in [0.2, 0.25) is 5.91 Å². The number of hydrogen-bond donors (Lipinski definition) is 3. The number of nitrogens with zero attached hydrogens (tertiary/aromatic N) is 1. The third kappa shape index (κ3) is 3.24. The SMILES string of the molecule is CC1(N)CCCCC1C(=O)NC1CCCc2cn[nH]c21.Cl. The molecule has 0 radical (unpaired) electrons. The molecule has 0 aromatic carbocycles. The Hall–Kier alpha value is -1.07. The van der Waals surface area contributed by atoms with Crippen molar-refractivity contribution in [3.63, 3.8) is 0 Å². The average molecular weight is 313 g/mol. The van der Waals surface area contributed by atoms with Crippen LogP contribution in [-0.2, 0) is 11.2 Å². The van der Waals surface area contributed by atoms with E-state index >= 15 is 0 Å². The normalized spacial score (nSPS) is 31.9. The van der Waals surface area contributed by atoms with Gasteiger partial charge in [0, 0.05) is 5.54 Å². The van der Waals surface area contributed by atoms with Gasteiger partial charge in [0.15, 0.2) is 0 Å². The molecule has 5 nitrogen and oxygen atoms in total. The number of hydrogen-bond acceptors (Lipinski definition) is 3. The first-order valence-electron chi connectivity index (χ1n) is 7.69. The van der Waals surface area contributed by atoms with Gasteiger partial charge in [-0.3, -0.25) is 9.89 Å². The second-order valence-corrected chi connectivity index (χ2v) is 6.57. The highest BCUT2D eigenvalue weighted by molar-refractivity contribution is 5.85. The predicted molar refractivity (Wildman–Crippen MR) is 84.2 cm³/mol. The van der Waals surface area contributed by atoms with Gasteiger partial charge in [-0.1, -0.05) is 12.8 Å². The van der Waals surface area contributed by atoms with Crippen molar-refractivity contribution in [1.82, 2.24) is 15.5 Å². The fraction of sp³-hybridized carbons (Fsp3) is 0.733. The van der Waals surface area contributed by atoms with Crippen LogP contribution >= 0.6 is 12.4 Å². The maximum Gasteiger partial charge on any atom is 0.225 e. The van der Waals surface area contributed by atoms with E-state index in [2.05, 4.69) is 15.5 Å². The van der Waals surface area contributed by atoms with Gasteiger partial charge in [0.1, 0.15) is 0 Å². The van der Waals surface area contributed by atoms with Crippen molar-refractivity contribution < 1.29 is 4.79 Å². The molecule has 4 N–H and O–H groups in total. The molecule has 0 spiro atoms. The third-order valence-electron chi connectivity index (χ3n) is 4.93. The Labute approximate surface area is 131 Å². The molecule has 3 atom stereocenters. The van der Waals surface area contributed by atoms with Crippen LogP contribution in [0.1, 0.15) is 62.7 Å². The molecule has 0 saturated heterocycles. The van der Waals surface area contributed by atoms with Gasteiger partial charge < -0.3 is 11.1 Å². The fourth-order valence-electron chi connectivity index (χ4n) is 3.67. The lowest BCUT2D eigenvalue weighted by Gasteiger charge is -2.38. The Morgan fingerprint density at radius 1 is 1.43 bits per heavy atom. The van der Waals surface area contributed by atoms with Crippen molar-refractivity contribution in [2.24, 2.45) is 11.7 Å². The number of aromatic nitrogens is 2. The topological polar surface area (TPSA) is 83.8 Å². The van der Waals surface area contributed by atoms with Crippen molar-refractivity contribution in [1.29, 1.82) is 0 Å². The molecular formula is C15H25ClN4O. The number of halogens is 1. The molecule has 1 amide bonds. The van der Waals surface area contributed by atoms with E-state index in [1.807, 2.05) is 13.1 Å². The summed E-state index contributed by atoms with van der Waals surface area (Å²) in [6.07, 6.45) is 9.08. The average Bonchev–Trinajstić information content (AvgIpc) is 2.87. The summed E-state index contributed by atoms with van der Waals surface area (Å²) in [7, 11) is 0. The number of carbonyl (C=O) groups excluding carboxylic acids is 1. The van der Waals surface area contributed by atoms with E-state index in [1.165, 1.54) is 5.56 Å². The summed E-state index contributed by atoms with van der Waals surface area (Å²) in [5.74, 6) is 0.0479. The van der Waals surface area contributed by atoms with Crippen LogP contribution in [0.15, 0.2) is 6.20 Å². The molecule has 0 aliphatic heterocycles. The third-order valence-corrected chi connectivity index (χ3v) is 4.93. The molecule has 0 bridgehead atoms. The van der Waals surface area contributed by atoms with E-state index in [1.54, 1.807) is 0 Å². The maximum absolute atomic E-state index is 12.6. The van der Waals surface area contributed by atoms with Gasteiger partial charge >= 0.3 is 0 Å². The van der Waals surface area contributed by atoms with E-state index in [0.717, 1.165) is 50.6 Å². The van der Waals surface area contributed by atoms with Crippen molar-refractivity contribution in [2.45, 2.75) is 63.5 Å². The molecule has 1 fully saturated rings. The number of aryl methyl sites for hydroxylation is 1. The van der Waals surface area contributed by atoms with Crippen LogP contribution in [0, 0.1) is 5.92 Å². The molecule has 1 saturated carbocycles. The predicted octanol–water partition coefficient (Wildman–Crippen LogP) is 2.23. The lowest BCUT2D eigenvalue weighted by atomic mass is 9.74. The Kier molecular flexibility index (Phi) is 4.94. The van der Waals surface area contributed by atoms with Crippen molar-refractivity contribution in [2.75, 3.05) is 0 Å². The molecular weight excluding hydrogens is 288 g/mol. The highest BCUT2D eigenvalue weighted by atomic mass is 35.5. The first-order chi connectivity index (χ1) is 9.58. The zero-order valence-corrected chi connectivity index (χ0v) is 13.3. The molecule has 1 aromatic heterocycles. The summed E-state index contributed by atoms with van der Waals surface area (Å²) in [5.41, 5.74) is 8.27. The second-order valence-electron chi connectivity index (χ2n) is 6.57. The number of aromatic amines is 1. The lowest BCUT2D eigenvalue weighted by Crippen LogP contribution is -2.53. The quantitative estimate of drug-likeness (QED) is 0.783. The summed E-state index contributed by atoms with van der Waals surface area (Å²) < 4.78 is 0. The second kappa shape index (κ2) is 6.36. The Balaban J connectivity index is 0.00000161. The molecule has 3 unspecified atom stereocenters. The molecule has 2 aliphatic carbocycles. The van der Waals surface area contributed by atoms with Gasteiger partial charge in [-0.25, -0.2) is 0 Å². The first kappa shape index (κ1) is 16.3. The molecule has 118 valence electrons. The van der Waals surface area contributed by atoms with E-state index in [0.29, 0.717) is 0 Å². The van der Waals surface area contributed by atoms with Crippen molar-refractivity contribution >= 4 is 18.3 Å². The van der Waals surface area contributed by atoms with Gasteiger partial charge in [-0.05, 0) is 44.6 Å². The van der Waals surface area contributed by atoms with Gasteiger partial charge in [-0.2, -0.15) is 5.10 Å². The minimum atomic E-state index is -0.367.